The average Bonchev–Trinajstić information content (AvgIpc) is 3.65. The Morgan fingerprint density at radius 2 is 1.73 bits per heavy atom. The molecule has 244 valence electrons. The first-order valence-electron chi connectivity index (χ1n) is 15.5. The van der Waals surface area contributed by atoms with Crippen molar-refractivity contribution in [2.24, 2.45) is 10.9 Å². The highest BCUT2D eigenvalue weighted by molar-refractivity contribution is 7.07. The maximum atomic E-state index is 13.8. The second kappa shape index (κ2) is 14.4. The second-order valence-corrected chi connectivity index (χ2v) is 14.2. The molecule has 12 heteroatoms. The van der Waals surface area contributed by atoms with E-state index in [9.17, 15) is 19.2 Å². The van der Waals surface area contributed by atoms with Crippen LogP contribution in [0.4, 0.5) is 4.79 Å². The first-order chi connectivity index (χ1) is 21.2. The molecule has 0 bridgehead atoms. The van der Waals surface area contributed by atoms with Crippen molar-refractivity contribution in [1.29, 1.82) is 0 Å². The van der Waals surface area contributed by atoms with Crippen LogP contribution in [0.1, 0.15) is 71.6 Å². The standard InChI is InChI=1S/C33H46N6O5S/c1-22-12-15-38(16-13-22)29(41)27(24-10-8-7-9-11-24)39-19-26(34-21-39)36-28(40)25(18-23-14-17-45-20-23)35-30(42)33(5,6)37-31(43)44-32(2,3)4/h7-11,14,17,20-22,25-27H,12-13,15-16,18-19H2,1-6H3,(H,35,42)(H,36,40)(H,37,43)/t25-,26?,27?/m1/s1. The van der Waals surface area contributed by atoms with Gasteiger partial charge in [0.25, 0.3) is 0 Å². The highest BCUT2D eigenvalue weighted by Gasteiger charge is 2.37. The highest BCUT2D eigenvalue weighted by Crippen LogP contribution is 2.27. The van der Waals surface area contributed by atoms with Crippen LogP contribution in [0.5, 0.6) is 0 Å². The molecule has 1 fully saturated rings. The van der Waals surface area contributed by atoms with Crippen LogP contribution in [-0.4, -0.2) is 82.9 Å². The van der Waals surface area contributed by atoms with E-state index in [1.165, 1.54) is 11.3 Å². The lowest BCUT2D eigenvalue weighted by Gasteiger charge is -2.36. The van der Waals surface area contributed by atoms with E-state index in [1.807, 2.05) is 57.0 Å². The summed E-state index contributed by atoms with van der Waals surface area (Å²) < 4.78 is 5.32. The number of hydrogen-bond acceptors (Lipinski definition) is 8. The van der Waals surface area contributed by atoms with Crippen LogP contribution in [0.25, 0.3) is 0 Å². The minimum Gasteiger partial charge on any atom is -0.444 e. The van der Waals surface area contributed by atoms with E-state index >= 15 is 0 Å². The minimum absolute atomic E-state index is 0.0221. The van der Waals surface area contributed by atoms with Gasteiger partial charge in [0.05, 0.1) is 12.9 Å². The minimum atomic E-state index is -1.35. The lowest BCUT2D eigenvalue weighted by atomic mass is 9.97. The Labute approximate surface area is 269 Å². The third kappa shape index (κ3) is 9.53. The molecule has 0 radical (unpaired) electrons. The number of carbonyl (C=O) groups is 4. The SMILES string of the molecule is CC1CCN(C(=O)C(c2ccccc2)N2C=NC(NC(=O)[C@@H](Cc3ccsc3)NC(=O)C(C)(C)NC(=O)OC(C)(C)C)C2)CC1. The van der Waals surface area contributed by atoms with Crippen molar-refractivity contribution in [3.05, 3.63) is 58.3 Å². The predicted octanol–water partition coefficient (Wildman–Crippen LogP) is 3.86. The van der Waals surface area contributed by atoms with Crippen LogP contribution in [0, 0.1) is 5.92 Å². The number of aliphatic imine (C=N–C) groups is 1. The summed E-state index contributed by atoms with van der Waals surface area (Å²) in [6, 6.07) is 10.0. The van der Waals surface area contributed by atoms with Crippen LogP contribution in [0.3, 0.4) is 0 Å². The first kappa shape index (κ1) is 34.0. The fourth-order valence-electron chi connectivity index (χ4n) is 5.30. The lowest BCUT2D eigenvalue weighted by molar-refractivity contribution is -0.137. The number of hydrogen-bond donors (Lipinski definition) is 3. The number of ether oxygens (including phenoxy) is 1. The van der Waals surface area contributed by atoms with Gasteiger partial charge >= 0.3 is 6.09 Å². The number of nitrogens with one attached hydrogen (secondary N) is 3. The molecule has 3 atom stereocenters. The summed E-state index contributed by atoms with van der Waals surface area (Å²) in [6.07, 6.45) is 2.48. The summed E-state index contributed by atoms with van der Waals surface area (Å²) in [6.45, 7) is 12.3. The van der Waals surface area contributed by atoms with Gasteiger partial charge in [-0.15, -0.1) is 0 Å². The normalized spacial score (nSPS) is 18.7. The van der Waals surface area contributed by atoms with E-state index in [0.29, 0.717) is 12.5 Å². The van der Waals surface area contributed by atoms with Crippen molar-refractivity contribution in [2.75, 3.05) is 19.6 Å². The third-order valence-electron chi connectivity index (χ3n) is 7.89. The molecule has 0 saturated carbocycles. The largest absolute Gasteiger partial charge is 0.444 e. The van der Waals surface area contributed by atoms with Crippen molar-refractivity contribution in [1.82, 2.24) is 25.8 Å². The molecule has 4 amide bonds. The van der Waals surface area contributed by atoms with E-state index < -0.39 is 47.3 Å². The Morgan fingerprint density at radius 1 is 1.04 bits per heavy atom. The molecule has 4 rings (SSSR count). The van der Waals surface area contributed by atoms with Crippen LogP contribution < -0.4 is 16.0 Å². The molecule has 45 heavy (non-hydrogen) atoms. The van der Waals surface area contributed by atoms with Gasteiger partial charge in [-0.2, -0.15) is 11.3 Å². The van der Waals surface area contributed by atoms with E-state index in [0.717, 1.165) is 37.1 Å². The summed E-state index contributed by atoms with van der Waals surface area (Å²) in [5.41, 5.74) is -0.334. The van der Waals surface area contributed by atoms with Crippen LogP contribution in [-0.2, 0) is 25.5 Å². The smallest absolute Gasteiger partial charge is 0.408 e. The number of thiophene rings is 1. The second-order valence-electron chi connectivity index (χ2n) is 13.4. The zero-order valence-electron chi connectivity index (χ0n) is 27.0. The van der Waals surface area contributed by atoms with Crippen molar-refractivity contribution in [2.45, 2.75) is 90.2 Å². The van der Waals surface area contributed by atoms with Gasteiger partial charge < -0.3 is 30.5 Å². The molecule has 0 aliphatic carbocycles. The summed E-state index contributed by atoms with van der Waals surface area (Å²) in [7, 11) is 0. The number of alkyl carbamates (subject to hydrolysis) is 1. The molecule has 2 aliphatic heterocycles. The average molecular weight is 639 g/mol. The van der Waals surface area contributed by atoms with E-state index in [1.54, 1.807) is 41.0 Å². The summed E-state index contributed by atoms with van der Waals surface area (Å²) in [5.74, 6) is -0.336. The maximum Gasteiger partial charge on any atom is 0.408 e. The van der Waals surface area contributed by atoms with Crippen LogP contribution in [0.15, 0.2) is 52.2 Å². The topological polar surface area (TPSA) is 132 Å². The Kier molecular flexibility index (Phi) is 10.9. The van der Waals surface area contributed by atoms with Gasteiger partial charge in [0, 0.05) is 19.5 Å². The summed E-state index contributed by atoms with van der Waals surface area (Å²) in [4.78, 5) is 61.6. The van der Waals surface area contributed by atoms with Crippen molar-refractivity contribution >= 4 is 41.5 Å². The summed E-state index contributed by atoms with van der Waals surface area (Å²) >= 11 is 1.50. The summed E-state index contributed by atoms with van der Waals surface area (Å²) in [5, 5.41) is 12.2. The van der Waals surface area contributed by atoms with Crippen LogP contribution in [0.2, 0.25) is 0 Å². The molecule has 2 aliphatic rings. The van der Waals surface area contributed by atoms with Gasteiger partial charge in [-0.1, -0.05) is 37.3 Å². The van der Waals surface area contributed by atoms with Gasteiger partial charge in [0.2, 0.25) is 17.7 Å². The van der Waals surface area contributed by atoms with Gasteiger partial charge in [-0.05, 0) is 81.3 Å². The van der Waals surface area contributed by atoms with Gasteiger partial charge in [0.1, 0.15) is 29.4 Å². The van der Waals surface area contributed by atoms with Gasteiger partial charge in [-0.25, -0.2) is 9.79 Å². The molecule has 2 unspecified atom stereocenters. The van der Waals surface area contributed by atoms with Crippen molar-refractivity contribution < 1.29 is 23.9 Å². The molecule has 11 nitrogen and oxygen atoms in total. The predicted molar refractivity (Wildman–Crippen MR) is 175 cm³/mol. The molecule has 2 aromatic rings. The van der Waals surface area contributed by atoms with Gasteiger partial charge in [-0.3, -0.25) is 14.4 Å². The zero-order chi connectivity index (χ0) is 32.8. The molecule has 0 spiro atoms. The fourth-order valence-corrected chi connectivity index (χ4v) is 5.98. The Hall–Kier alpha value is -3.93. The van der Waals surface area contributed by atoms with Crippen molar-refractivity contribution in [3.8, 4) is 0 Å². The molecule has 3 N–H and O–H groups in total. The number of piperidine rings is 1. The Balaban J connectivity index is 1.44. The number of likely N-dealkylation sites (tertiary alicyclic amines) is 1. The lowest BCUT2D eigenvalue weighted by Crippen LogP contribution is -2.60. The quantitative estimate of drug-likeness (QED) is 0.362. The van der Waals surface area contributed by atoms with E-state index in [4.69, 9.17) is 4.74 Å². The highest BCUT2D eigenvalue weighted by atomic mass is 32.1. The maximum absolute atomic E-state index is 13.8. The molecule has 3 heterocycles. The zero-order valence-corrected chi connectivity index (χ0v) is 27.9. The number of benzene rings is 1. The molecule has 1 aromatic heterocycles. The number of carbonyl (C=O) groups excluding carboxylic acids is 4. The van der Waals surface area contributed by atoms with Crippen LogP contribution >= 0.6 is 11.3 Å². The third-order valence-corrected chi connectivity index (χ3v) is 8.62. The van der Waals surface area contributed by atoms with Gasteiger partial charge in [0.15, 0.2) is 0 Å². The molecular formula is C33H46N6O5S. The number of amides is 4. The number of rotatable bonds is 10. The number of nitrogens with zero attached hydrogens (tertiary/aromatic N) is 3. The molecule has 1 saturated heterocycles. The van der Waals surface area contributed by atoms with Crippen molar-refractivity contribution in [3.63, 3.8) is 0 Å². The monoisotopic (exact) mass is 638 g/mol. The Bertz CT molecular complexity index is 1350. The molecular weight excluding hydrogens is 592 g/mol. The molecule has 1 aromatic carbocycles. The fraction of sp³-hybridized carbons (Fsp3) is 0.545. The van der Waals surface area contributed by atoms with E-state index in [-0.39, 0.29) is 12.3 Å². The first-order valence-corrected chi connectivity index (χ1v) is 16.4. The van der Waals surface area contributed by atoms with E-state index in [2.05, 4.69) is 27.9 Å². The Morgan fingerprint density at radius 3 is 2.36 bits per heavy atom.